The molecule has 1 amide bonds. The maximum atomic E-state index is 12.0. The third-order valence-corrected chi connectivity index (χ3v) is 5.10. The minimum absolute atomic E-state index is 0.0485. The van der Waals surface area contributed by atoms with E-state index in [0.717, 1.165) is 23.6 Å². The monoisotopic (exact) mass is 346 g/mol. The van der Waals surface area contributed by atoms with Gasteiger partial charge in [0, 0.05) is 46.6 Å². The maximum absolute atomic E-state index is 12.0. The number of thioether (sulfide) groups is 1. The van der Waals surface area contributed by atoms with Gasteiger partial charge >= 0.3 is 0 Å². The van der Waals surface area contributed by atoms with Crippen molar-refractivity contribution in [2.45, 2.75) is 31.8 Å². The smallest absolute Gasteiger partial charge is 0.221 e. The standard InChI is InChI=1S/C15H20Cl2N2OS/c1-10(6-11-2-3-12(16)7-14(11)17)19-15(20)8-13-9-21-5-4-18-13/h2-3,7,10,13,18H,4-6,8-9H2,1H3,(H,19,20). The summed E-state index contributed by atoms with van der Waals surface area (Å²) >= 11 is 13.9. The second-order valence-corrected chi connectivity index (χ2v) is 7.33. The summed E-state index contributed by atoms with van der Waals surface area (Å²) in [6.45, 7) is 2.98. The number of rotatable bonds is 5. The molecule has 0 bridgehead atoms. The van der Waals surface area contributed by atoms with Crippen LogP contribution in [0.2, 0.25) is 10.0 Å². The first kappa shape index (κ1) is 16.9. The van der Waals surface area contributed by atoms with Crippen LogP contribution in [0, 0.1) is 0 Å². The molecule has 2 unspecified atom stereocenters. The van der Waals surface area contributed by atoms with Crippen LogP contribution in [0.5, 0.6) is 0 Å². The summed E-state index contributed by atoms with van der Waals surface area (Å²) in [6, 6.07) is 5.80. The summed E-state index contributed by atoms with van der Waals surface area (Å²) in [7, 11) is 0. The number of carbonyl (C=O) groups excluding carboxylic acids is 1. The SMILES string of the molecule is CC(Cc1ccc(Cl)cc1Cl)NC(=O)CC1CSCCN1. The number of nitrogens with one attached hydrogen (secondary N) is 2. The molecule has 1 saturated heterocycles. The van der Waals surface area contributed by atoms with Crippen LogP contribution in [0.4, 0.5) is 0 Å². The Labute approximate surface area is 140 Å². The largest absolute Gasteiger partial charge is 0.353 e. The summed E-state index contributed by atoms with van der Waals surface area (Å²) < 4.78 is 0. The van der Waals surface area contributed by atoms with Gasteiger partial charge in [0.05, 0.1) is 0 Å². The lowest BCUT2D eigenvalue weighted by molar-refractivity contribution is -0.122. The molecule has 0 aromatic heterocycles. The summed E-state index contributed by atoms with van der Waals surface area (Å²) in [5.41, 5.74) is 1.00. The molecule has 1 aliphatic rings. The predicted molar refractivity (Wildman–Crippen MR) is 91.5 cm³/mol. The molecule has 1 aromatic carbocycles. The minimum Gasteiger partial charge on any atom is -0.353 e. The highest BCUT2D eigenvalue weighted by Crippen LogP contribution is 2.22. The lowest BCUT2D eigenvalue weighted by atomic mass is 10.1. The van der Waals surface area contributed by atoms with E-state index in [4.69, 9.17) is 23.2 Å². The molecule has 0 saturated carbocycles. The Morgan fingerprint density at radius 2 is 2.33 bits per heavy atom. The van der Waals surface area contributed by atoms with Gasteiger partial charge in [0.1, 0.15) is 0 Å². The normalized spacial score (nSPS) is 20.0. The molecule has 0 radical (unpaired) electrons. The molecule has 0 aliphatic carbocycles. The van der Waals surface area contributed by atoms with Crippen LogP contribution in [-0.4, -0.2) is 36.0 Å². The molecule has 3 nitrogen and oxygen atoms in total. The quantitative estimate of drug-likeness (QED) is 0.860. The first-order chi connectivity index (χ1) is 10.0. The van der Waals surface area contributed by atoms with Crippen molar-refractivity contribution in [3.8, 4) is 0 Å². The molecule has 1 heterocycles. The van der Waals surface area contributed by atoms with Gasteiger partial charge in [0.15, 0.2) is 0 Å². The number of hydrogen-bond donors (Lipinski definition) is 2. The predicted octanol–water partition coefficient (Wildman–Crippen LogP) is 3.14. The van der Waals surface area contributed by atoms with E-state index in [9.17, 15) is 4.79 Å². The van der Waals surface area contributed by atoms with Gasteiger partial charge in [0.2, 0.25) is 5.91 Å². The summed E-state index contributed by atoms with van der Waals surface area (Å²) in [4.78, 5) is 12.0. The zero-order chi connectivity index (χ0) is 15.2. The molecule has 1 aromatic rings. The highest BCUT2D eigenvalue weighted by molar-refractivity contribution is 7.99. The van der Waals surface area contributed by atoms with Gasteiger partial charge < -0.3 is 10.6 Å². The van der Waals surface area contributed by atoms with Gasteiger partial charge in [-0.15, -0.1) is 0 Å². The average molecular weight is 347 g/mol. The van der Waals surface area contributed by atoms with Crippen molar-refractivity contribution in [3.63, 3.8) is 0 Å². The van der Waals surface area contributed by atoms with Crippen LogP contribution in [-0.2, 0) is 11.2 Å². The number of halogens is 2. The molecule has 116 valence electrons. The Bertz CT molecular complexity index is 493. The van der Waals surface area contributed by atoms with Crippen LogP contribution < -0.4 is 10.6 Å². The van der Waals surface area contributed by atoms with E-state index in [1.54, 1.807) is 6.07 Å². The van der Waals surface area contributed by atoms with Gasteiger partial charge in [0.25, 0.3) is 0 Å². The van der Waals surface area contributed by atoms with Crippen LogP contribution in [0.15, 0.2) is 18.2 Å². The van der Waals surface area contributed by atoms with E-state index in [-0.39, 0.29) is 18.0 Å². The Morgan fingerprint density at radius 3 is 3.00 bits per heavy atom. The number of amides is 1. The lowest BCUT2D eigenvalue weighted by Gasteiger charge is -2.23. The molecule has 0 spiro atoms. The molecule has 6 heteroatoms. The highest BCUT2D eigenvalue weighted by atomic mass is 35.5. The van der Waals surface area contributed by atoms with Crippen molar-refractivity contribution in [1.82, 2.24) is 10.6 Å². The van der Waals surface area contributed by atoms with Crippen LogP contribution in [0.3, 0.4) is 0 Å². The van der Waals surface area contributed by atoms with Crippen LogP contribution in [0.25, 0.3) is 0 Å². The van der Waals surface area contributed by atoms with Crippen LogP contribution in [0.1, 0.15) is 18.9 Å². The Kier molecular flexibility index (Phi) is 6.68. The Hall–Kier alpha value is -0.420. The van der Waals surface area contributed by atoms with Crippen molar-refractivity contribution in [1.29, 1.82) is 0 Å². The molecule has 1 aliphatic heterocycles. The highest BCUT2D eigenvalue weighted by Gasteiger charge is 2.18. The van der Waals surface area contributed by atoms with E-state index in [0.29, 0.717) is 22.9 Å². The minimum atomic E-state index is 0.0485. The van der Waals surface area contributed by atoms with Gasteiger partial charge in [-0.2, -0.15) is 11.8 Å². The van der Waals surface area contributed by atoms with Gasteiger partial charge in [-0.05, 0) is 31.0 Å². The second kappa shape index (κ2) is 8.28. The van der Waals surface area contributed by atoms with Gasteiger partial charge in [-0.3, -0.25) is 4.79 Å². The fourth-order valence-electron chi connectivity index (χ4n) is 2.38. The summed E-state index contributed by atoms with van der Waals surface area (Å²) in [5.74, 6) is 2.22. The van der Waals surface area contributed by atoms with Crippen molar-refractivity contribution >= 4 is 40.9 Å². The van der Waals surface area contributed by atoms with E-state index < -0.39 is 0 Å². The van der Waals surface area contributed by atoms with E-state index >= 15 is 0 Å². The van der Waals surface area contributed by atoms with Crippen molar-refractivity contribution in [3.05, 3.63) is 33.8 Å². The number of benzene rings is 1. The second-order valence-electron chi connectivity index (χ2n) is 5.34. The summed E-state index contributed by atoms with van der Waals surface area (Å²) in [5, 5.41) is 7.68. The van der Waals surface area contributed by atoms with Crippen molar-refractivity contribution in [2.75, 3.05) is 18.1 Å². The maximum Gasteiger partial charge on any atom is 0.221 e. The molecule has 2 rings (SSSR count). The van der Waals surface area contributed by atoms with E-state index in [1.807, 2.05) is 30.8 Å². The molecular formula is C15H20Cl2N2OS. The Balaban J connectivity index is 1.80. The number of carbonyl (C=O) groups is 1. The third kappa shape index (κ3) is 5.70. The zero-order valence-corrected chi connectivity index (χ0v) is 14.3. The fourth-order valence-corrected chi connectivity index (χ4v) is 3.81. The van der Waals surface area contributed by atoms with E-state index in [1.165, 1.54) is 0 Å². The molecular weight excluding hydrogens is 327 g/mol. The van der Waals surface area contributed by atoms with Gasteiger partial charge in [-0.1, -0.05) is 29.3 Å². The Morgan fingerprint density at radius 1 is 1.52 bits per heavy atom. The first-order valence-electron chi connectivity index (χ1n) is 7.09. The van der Waals surface area contributed by atoms with Gasteiger partial charge in [-0.25, -0.2) is 0 Å². The molecule has 2 N–H and O–H groups in total. The zero-order valence-electron chi connectivity index (χ0n) is 12.0. The van der Waals surface area contributed by atoms with E-state index in [2.05, 4.69) is 10.6 Å². The third-order valence-electron chi connectivity index (χ3n) is 3.38. The van der Waals surface area contributed by atoms with Crippen molar-refractivity contribution < 1.29 is 4.79 Å². The molecule has 2 atom stereocenters. The lowest BCUT2D eigenvalue weighted by Crippen LogP contribution is -2.43. The average Bonchev–Trinajstić information content (AvgIpc) is 2.43. The van der Waals surface area contributed by atoms with Crippen LogP contribution >= 0.6 is 35.0 Å². The van der Waals surface area contributed by atoms with Crippen molar-refractivity contribution in [2.24, 2.45) is 0 Å². The molecule has 21 heavy (non-hydrogen) atoms. The first-order valence-corrected chi connectivity index (χ1v) is 9.00. The molecule has 1 fully saturated rings. The number of hydrogen-bond acceptors (Lipinski definition) is 3. The topological polar surface area (TPSA) is 41.1 Å². The summed E-state index contributed by atoms with van der Waals surface area (Å²) in [6.07, 6.45) is 1.24. The fraction of sp³-hybridized carbons (Fsp3) is 0.533.